The Balaban J connectivity index is 0.944. The van der Waals surface area contributed by atoms with Crippen LogP contribution in [0.1, 0.15) is 49.9 Å². The number of rotatable bonds is 7. The quantitative estimate of drug-likeness (QED) is 0.161. The molecule has 292 valence electrons. The zero-order valence-electron chi connectivity index (χ0n) is 34.4. The molecule has 5 nitrogen and oxygen atoms in total. The summed E-state index contributed by atoms with van der Waals surface area (Å²) in [6.07, 6.45) is 5.69. The molecule has 7 heterocycles. The van der Waals surface area contributed by atoms with Crippen LogP contribution in [0.3, 0.4) is 0 Å². The molecular formula is C55H41N5S. The maximum absolute atomic E-state index is 5.18. The van der Waals surface area contributed by atoms with Crippen molar-refractivity contribution in [1.29, 1.82) is 0 Å². The molecule has 2 aliphatic rings. The van der Waals surface area contributed by atoms with Crippen LogP contribution in [-0.2, 0) is 10.8 Å². The topological polar surface area (TPSA) is 46.8 Å². The van der Waals surface area contributed by atoms with Crippen LogP contribution in [0, 0.1) is 0 Å². The minimum atomic E-state index is -0.169. The third-order valence-electron chi connectivity index (χ3n) is 13.1. The predicted molar refractivity (Wildman–Crippen MR) is 253 cm³/mol. The van der Waals surface area contributed by atoms with Crippen molar-refractivity contribution in [1.82, 2.24) is 19.5 Å². The second kappa shape index (κ2) is 13.2. The zero-order chi connectivity index (χ0) is 41.0. The molecule has 12 rings (SSSR count). The zero-order valence-corrected chi connectivity index (χ0v) is 35.2. The molecule has 5 aromatic heterocycles. The average Bonchev–Trinajstić information content (AvgIpc) is 3.93. The fourth-order valence-corrected chi connectivity index (χ4v) is 11.0. The van der Waals surface area contributed by atoms with Crippen LogP contribution in [0.4, 0.5) is 17.2 Å². The third kappa shape index (κ3) is 5.35. The number of aromatic nitrogens is 4. The number of para-hydroxylation sites is 2. The summed E-state index contributed by atoms with van der Waals surface area (Å²) in [7, 11) is 0. The minimum Gasteiger partial charge on any atom is -0.308 e. The van der Waals surface area contributed by atoms with Gasteiger partial charge in [-0.1, -0.05) is 100 Å². The van der Waals surface area contributed by atoms with Gasteiger partial charge in [-0.15, -0.1) is 11.3 Å². The second-order valence-corrected chi connectivity index (χ2v) is 18.4. The van der Waals surface area contributed by atoms with Gasteiger partial charge in [0.25, 0.3) is 0 Å². The molecule has 61 heavy (non-hydrogen) atoms. The van der Waals surface area contributed by atoms with E-state index in [1.54, 1.807) is 0 Å². The molecule has 0 radical (unpaired) electrons. The molecular weight excluding hydrogens is 763 g/mol. The van der Waals surface area contributed by atoms with Crippen molar-refractivity contribution in [2.75, 3.05) is 4.90 Å². The highest BCUT2D eigenvalue weighted by atomic mass is 32.1. The number of pyridine rings is 3. The Bertz CT molecular complexity index is 3180. The molecule has 0 aliphatic carbocycles. The van der Waals surface area contributed by atoms with Crippen molar-refractivity contribution < 1.29 is 0 Å². The third-order valence-corrected chi connectivity index (χ3v) is 14.3. The molecule has 0 saturated carbocycles. The molecule has 0 atom stereocenters. The molecule has 0 saturated heterocycles. The number of anilines is 3. The molecule has 0 spiro atoms. The molecule has 5 aromatic carbocycles. The summed E-state index contributed by atoms with van der Waals surface area (Å²) in [5, 5.41) is 2.70. The summed E-state index contributed by atoms with van der Waals surface area (Å²) in [6, 6.07) is 56.7. The van der Waals surface area contributed by atoms with Gasteiger partial charge in [-0.25, -0.2) is 4.98 Å². The number of fused-ring (bicyclic) bond motifs is 1. The Kier molecular flexibility index (Phi) is 7.72. The van der Waals surface area contributed by atoms with Gasteiger partial charge in [0.05, 0.1) is 28.1 Å². The minimum absolute atomic E-state index is 0.169. The van der Waals surface area contributed by atoms with Crippen molar-refractivity contribution in [3.05, 3.63) is 199 Å². The first-order valence-electron chi connectivity index (χ1n) is 20.9. The smallest absolute Gasteiger partial charge is 0.137 e. The largest absolute Gasteiger partial charge is 0.308 e. The van der Waals surface area contributed by atoms with E-state index in [9.17, 15) is 0 Å². The van der Waals surface area contributed by atoms with Gasteiger partial charge in [-0.2, -0.15) is 0 Å². The Labute approximate surface area is 359 Å². The molecule has 2 aliphatic heterocycles. The van der Waals surface area contributed by atoms with Crippen LogP contribution < -0.4 is 4.90 Å². The van der Waals surface area contributed by atoms with Gasteiger partial charge in [0.2, 0.25) is 0 Å². The van der Waals surface area contributed by atoms with E-state index in [4.69, 9.17) is 4.98 Å². The van der Waals surface area contributed by atoms with Crippen molar-refractivity contribution in [2.45, 2.75) is 38.5 Å². The van der Waals surface area contributed by atoms with Gasteiger partial charge in [-0.3, -0.25) is 14.9 Å². The van der Waals surface area contributed by atoms with Gasteiger partial charge in [0, 0.05) is 78.0 Å². The van der Waals surface area contributed by atoms with E-state index in [0.29, 0.717) is 0 Å². The first-order valence-corrected chi connectivity index (χ1v) is 21.7. The van der Waals surface area contributed by atoms with Crippen LogP contribution >= 0.6 is 11.3 Å². The lowest BCUT2D eigenvalue weighted by atomic mass is 9.68. The van der Waals surface area contributed by atoms with Crippen molar-refractivity contribution >= 4 is 50.3 Å². The number of hydrogen-bond donors (Lipinski definition) is 0. The summed E-state index contributed by atoms with van der Waals surface area (Å²) < 4.78 is 2.60. The van der Waals surface area contributed by atoms with E-state index in [0.717, 1.165) is 45.3 Å². The summed E-state index contributed by atoms with van der Waals surface area (Å²) in [6.45, 7) is 9.63. The molecule has 0 N–H and O–H groups in total. The highest BCUT2D eigenvalue weighted by molar-refractivity contribution is 7.18. The van der Waals surface area contributed by atoms with E-state index < -0.39 is 0 Å². The predicted octanol–water partition coefficient (Wildman–Crippen LogP) is 14.4. The number of hydrogen-bond acceptors (Lipinski definition) is 5. The number of benzene rings is 5. The lowest BCUT2D eigenvalue weighted by Gasteiger charge is -2.42. The van der Waals surface area contributed by atoms with E-state index in [1.165, 1.54) is 65.1 Å². The first kappa shape index (κ1) is 35.8. The first-order chi connectivity index (χ1) is 29.8. The molecule has 6 heteroatoms. The lowest BCUT2D eigenvalue weighted by Crippen LogP contribution is -2.33. The van der Waals surface area contributed by atoms with Crippen LogP contribution in [0.15, 0.2) is 176 Å². The fourth-order valence-electron chi connectivity index (χ4n) is 10.0. The summed E-state index contributed by atoms with van der Waals surface area (Å²) in [4.78, 5) is 19.1. The van der Waals surface area contributed by atoms with Crippen LogP contribution in [0.2, 0.25) is 0 Å². The summed E-state index contributed by atoms with van der Waals surface area (Å²) >= 11 is 1.83. The molecule has 0 fully saturated rings. The van der Waals surface area contributed by atoms with Crippen molar-refractivity contribution in [3.8, 4) is 49.1 Å². The van der Waals surface area contributed by atoms with E-state index in [-0.39, 0.29) is 10.8 Å². The maximum Gasteiger partial charge on any atom is 0.137 e. The van der Waals surface area contributed by atoms with E-state index >= 15 is 0 Å². The number of thiophene rings is 1. The average molecular weight is 804 g/mol. The maximum atomic E-state index is 5.18. The summed E-state index contributed by atoms with van der Waals surface area (Å²) in [5.74, 6) is 0.823. The van der Waals surface area contributed by atoms with Crippen LogP contribution in [-0.4, -0.2) is 19.5 Å². The van der Waals surface area contributed by atoms with Crippen molar-refractivity contribution in [3.63, 3.8) is 0 Å². The van der Waals surface area contributed by atoms with Gasteiger partial charge in [0.1, 0.15) is 5.82 Å². The Morgan fingerprint density at radius 1 is 0.459 bits per heavy atom. The molecule has 0 amide bonds. The fraction of sp³-hybridized carbons (Fsp3) is 0.109. The van der Waals surface area contributed by atoms with Gasteiger partial charge < -0.3 is 4.57 Å². The standard InChI is InChI=1S/C55H41N5S/c1-54(2)42-19-11-17-40-41-18-12-20-43-52(41)60(51(40)42)53-44(54)31-37(32-45(53)55(43,3)4)49-25-24-48(61-49)36-23-26-50(58-33-36)59(38-15-9-13-34(29-38)46-21-5-7-27-56-46)39-16-10-14-35(30-39)47-22-6-8-28-57-47/h5-33H,1-4H3. The highest BCUT2D eigenvalue weighted by Crippen LogP contribution is 2.56. The second-order valence-electron chi connectivity index (χ2n) is 17.3. The van der Waals surface area contributed by atoms with E-state index in [1.807, 2.05) is 66.3 Å². The van der Waals surface area contributed by atoms with Crippen molar-refractivity contribution in [2.24, 2.45) is 0 Å². The monoisotopic (exact) mass is 803 g/mol. The van der Waals surface area contributed by atoms with Crippen LogP contribution in [0.5, 0.6) is 0 Å². The highest BCUT2D eigenvalue weighted by Gasteiger charge is 2.43. The molecule has 10 aromatic rings. The lowest BCUT2D eigenvalue weighted by molar-refractivity contribution is 0.594. The summed E-state index contributed by atoms with van der Waals surface area (Å²) in [5.41, 5.74) is 17.6. The van der Waals surface area contributed by atoms with Crippen LogP contribution in [0.25, 0.3) is 70.9 Å². The van der Waals surface area contributed by atoms with E-state index in [2.05, 4.69) is 168 Å². The van der Waals surface area contributed by atoms with Gasteiger partial charge >= 0.3 is 0 Å². The SMILES string of the molecule is CC1(C)c2cc(-c3ccc(-c4ccc(N(c5cccc(-c6ccccn6)c5)c5cccc(-c6ccccn6)c5)nc4)s3)cc3c2-n2c4c1cccc4c1cccc(c12)C3(C)C. The Morgan fingerprint density at radius 2 is 1.00 bits per heavy atom. The Morgan fingerprint density at radius 3 is 1.51 bits per heavy atom. The molecule has 0 bridgehead atoms. The normalized spacial score (nSPS) is 14.2. The number of nitrogens with zero attached hydrogens (tertiary/aromatic N) is 5. The van der Waals surface area contributed by atoms with Gasteiger partial charge in [-0.05, 0) is 113 Å². The Hall–Kier alpha value is -7.15. The van der Waals surface area contributed by atoms with Gasteiger partial charge in [0.15, 0.2) is 0 Å². The molecule has 0 unspecified atom stereocenters.